The molecule has 212 valence electrons. The van der Waals surface area contributed by atoms with E-state index in [-0.39, 0.29) is 0 Å². The van der Waals surface area contributed by atoms with Crippen LogP contribution in [0.3, 0.4) is 0 Å². The van der Waals surface area contributed by atoms with Crippen LogP contribution in [0.4, 0.5) is 0 Å². The summed E-state index contributed by atoms with van der Waals surface area (Å²) < 4.78 is 0. The van der Waals surface area contributed by atoms with Crippen molar-refractivity contribution in [3.05, 3.63) is 191 Å². The van der Waals surface area contributed by atoms with E-state index in [9.17, 15) is 0 Å². The van der Waals surface area contributed by atoms with E-state index in [1.807, 2.05) is 0 Å². The maximum absolute atomic E-state index is 2.39. The minimum absolute atomic E-state index is 1.39. The highest BCUT2D eigenvalue weighted by Crippen LogP contribution is 2.27. The van der Waals surface area contributed by atoms with Crippen molar-refractivity contribution in [3.8, 4) is 0 Å². The number of hydrogen-bond acceptors (Lipinski definition) is 0. The van der Waals surface area contributed by atoms with Crippen LogP contribution >= 0.6 is 0 Å². The Hall–Kier alpha value is -4.77. The van der Waals surface area contributed by atoms with Crippen LogP contribution in [0, 0.1) is 0 Å². The van der Waals surface area contributed by atoms with Gasteiger partial charge in [0.1, 0.15) is 0 Å². The predicted molar refractivity (Wildman–Crippen MR) is 195 cm³/mol. The summed E-state index contributed by atoms with van der Waals surface area (Å²) in [6, 6.07) is 62.0. The predicted octanol–water partition coefficient (Wildman–Crippen LogP) is 6.23. The molecule has 0 saturated carbocycles. The maximum Gasteiger partial charge on any atom is 0.175 e. The van der Waals surface area contributed by atoms with Crippen LogP contribution in [0.2, 0.25) is 0 Å². The molecule has 0 radical (unpaired) electrons. The van der Waals surface area contributed by atoms with E-state index in [1.165, 1.54) is 52.6 Å². The van der Waals surface area contributed by atoms with Crippen molar-refractivity contribution in [2.24, 2.45) is 0 Å². The molecule has 0 aromatic heterocycles. The van der Waals surface area contributed by atoms with Gasteiger partial charge in [0.05, 0.1) is 0 Å². The molecule has 8 rings (SSSR count). The van der Waals surface area contributed by atoms with E-state index >= 15 is 0 Å². The number of allylic oxidation sites excluding steroid dienone is 2. The lowest BCUT2D eigenvalue weighted by Gasteiger charge is -2.31. The van der Waals surface area contributed by atoms with Gasteiger partial charge in [0.15, 0.2) is 16.1 Å². The van der Waals surface area contributed by atoms with Crippen molar-refractivity contribution < 1.29 is 0 Å². The molecule has 2 aliphatic heterocycles. The molecule has 2 heteroatoms. The molecule has 0 atom stereocenters. The molecule has 0 bridgehead atoms. The zero-order chi connectivity index (χ0) is 30.0. The van der Waals surface area contributed by atoms with Gasteiger partial charge in [-0.1, -0.05) is 192 Å². The summed E-state index contributed by atoms with van der Waals surface area (Å²) >= 11 is 0. The van der Waals surface area contributed by atoms with Gasteiger partial charge in [-0.3, -0.25) is 0 Å². The average Bonchev–Trinajstić information content (AvgIpc) is 3.57. The second-order valence-corrected chi connectivity index (χ2v) is 19.8. The lowest BCUT2D eigenvalue weighted by Crippen LogP contribution is -2.67. The highest BCUT2D eigenvalue weighted by atomic mass is 28.3. The first kappa shape index (κ1) is 28.0. The van der Waals surface area contributed by atoms with Gasteiger partial charge < -0.3 is 0 Å². The Bertz CT molecular complexity index is 1730. The summed E-state index contributed by atoms with van der Waals surface area (Å²) in [6.45, 7) is 4.62. The van der Waals surface area contributed by atoms with Gasteiger partial charge >= 0.3 is 0 Å². The molecular formula is C42H36Si2. The standard InChI is InChI=1S/2C21H18Si/c2*1-17-16-18-10-8-9-15-21(18)22(17,19-11-4-2-5-12-19)20-13-6-3-7-14-20/h2*2-16H,1H3. The average molecular weight is 597 g/mol. The molecule has 2 heterocycles. The first-order chi connectivity index (χ1) is 21.7. The van der Waals surface area contributed by atoms with Crippen LogP contribution in [-0.2, 0) is 0 Å². The molecule has 0 aliphatic carbocycles. The van der Waals surface area contributed by atoms with Crippen LogP contribution in [0.15, 0.2) is 180 Å². The Balaban J connectivity index is 0.000000142. The van der Waals surface area contributed by atoms with Gasteiger partial charge in [-0.15, -0.1) is 0 Å². The number of benzene rings is 6. The van der Waals surface area contributed by atoms with Gasteiger partial charge in [-0.25, -0.2) is 0 Å². The Labute approximate surface area is 263 Å². The van der Waals surface area contributed by atoms with Gasteiger partial charge in [0, 0.05) is 0 Å². The minimum Gasteiger partial charge on any atom is -0.0699 e. The summed E-state index contributed by atoms with van der Waals surface area (Å²) in [6.07, 6.45) is 4.78. The summed E-state index contributed by atoms with van der Waals surface area (Å²) in [4.78, 5) is 0. The maximum atomic E-state index is 2.39. The molecule has 44 heavy (non-hydrogen) atoms. The van der Waals surface area contributed by atoms with E-state index in [0.717, 1.165) is 0 Å². The van der Waals surface area contributed by atoms with E-state index in [2.05, 4.69) is 196 Å². The molecule has 0 fully saturated rings. The number of hydrogen-bond donors (Lipinski definition) is 0. The number of fused-ring (bicyclic) bond motifs is 2. The third-order valence-corrected chi connectivity index (χ3v) is 19.5. The molecule has 0 amide bonds. The van der Waals surface area contributed by atoms with E-state index in [4.69, 9.17) is 0 Å². The van der Waals surface area contributed by atoms with Crippen LogP contribution in [0.5, 0.6) is 0 Å². The number of rotatable bonds is 4. The second-order valence-electron chi connectivity index (χ2n) is 11.8. The Morgan fingerprint density at radius 1 is 0.295 bits per heavy atom. The summed E-state index contributed by atoms with van der Waals surface area (Å²) in [5.74, 6) is 0. The molecule has 0 nitrogen and oxygen atoms in total. The SMILES string of the molecule is CC1=Cc2ccccc2[Si]1(c1ccccc1)c1ccccc1.CC1=Cc2ccccc2[Si]1(c1ccccc1)c1ccccc1. The third kappa shape index (κ3) is 4.41. The molecule has 0 unspecified atom stereocenters. The van der Waals surface area contributed by atoms with Gasteiger partial charge in [0.25, 0.3) is 0 Å². The van der Waals surface area contributed by atoms with E-state index in [1.54, 1.807) is 0 Å². The fourth-order valence-electron chi connectivity index (χ4n) is 7.66. The third-order valence-electron chi connectivity index (χ3n) is 9.48. The fraction of sp³-hybridized carbons (Fsp3) is 0.0476. The Morgan fingerprint density at radius 2 is 0.545 bits per heavy atom. The quantitative estimate of drug-likeness (QED) is 0.212. The zero-order valence-electron chi connectivity index (χ0n) is 25.3. The molecular weight excluding hydrogens is 561 g/mol. The summed E-state index contributed by atoms with van der Waals surface area (Å²) in [5.41, 5.74) is 2.78. The van der Waals surface area contributed by atoms with Crippen LogP contribution in [0.25, 0.3) is 12.2 Å². The summed E-state index contributed by atoms with van der Waals surface area (Å²) in [5, 5.41) is 12.0. The lowest BCUT2D eigenvalue weighted by molar-refractivity contribution is 1.63. The van der Waals surface area contributed by atoms with E-state index < -0.39 is 16.1 Å². The van der Waals surface area contributed by atoms with Crippen LogP contribution in [-0.4, -0.2) is 16.1 Å². The molecule has 6 aromatic rings. The topological polar surface area (TPSA) is 0 Å². The van der Waals surface area contributed by atoms with Crippen LogP contribution in [0.1, 0.15) is 25.0 Å². The highest BCUT2D eigenvalue weighted by molar-refractivity contribution is 7.18. The second kappa shape index (κ2) is 11.7. The molecule has 0 spiro atoms. The molecule has 0 N–H and O–H groups in total. The summed E-state index contributed by atoms with van der Waals surface area (Å²) in [7, 11) is -4.09. The Morgan fingerprint density at radius 3 is 0.841 bits per heavy atom. The highest BCUT2D eigenvalue weighted by Gasteiger charge is 2.46. The molecule has 2 aliphatic rings. The van der Waals surface area contributed by atoms with Crippen molar-refractivity contribution in [2.45, 2.75) is 13.8 Å². The molecule has 0 saturated heterocycles. The largest absolute Gasteiger partial charge is 0.175 e. The monoisotopic (exact) mass is 596 g/mol. The molecule has 6 aromatic carbocycles. The van der Waals surface area contributed by atoms with Gasteiger partial charge in [0.2, 0.25) is 0 Å². The van der Waals surface area contributed by atoms with E-state index in [0.29, 0.717) is 0 Å². The lowest BCUT2D eigenvalue weighted by atomic mass is 10.2. The normalized spacial score (nSPS) is 15.2. The Kier molecular flexibility index (Phi) is 7.47. The van der Waals surface area contributed by atoms with Crippen LogP contribution < -0.4 is 31.1 Å². The van der Waals surface area contributed by atoms with Crippen molar-refractivity contribution in [1.82, 2.24) is 0 Å². The first-order valence-electron chi connectivity index (χ1n) is 15.5. The minimum atomic E-state index is -2.05. The van der Waals surface area contributed by atoms with Gasteiger partial charge in [-0.2, -0.15) is 0 Å². The van der Waals surface area contributed by atoms with Gasteiger partial charge in [-0.05, 0) is 56.1 Å². The smallest absolute Gasteiger partial charge is 0.0699 e. The van der Waals surface area contributed by atoms with Crippen molar-refractivity contribution in [1.29, 1.82) is 0 Å². The fourth-order valence-corrected chi connectivity index (χ4v) is 17.6. The zero-order valence-corrected chi connectivity index (χ0v) is 27.3. The van der Waals surface area contributed by atoms with Crippen molar-refractivity contribution in [2.75, 3.05) is 0 Å². The van der Waals surface area contributed by atoms with Crippen molar-refractivity contribution >= 4 is 59.4 Å². The first-order valence-corrected chi connectivity index (χ1v) is 19.5. The van der Waals surface area contributed by atoms with Crippen molar-refractivity contribution in [3.63, 3.8) is 0 Å².